The van der Waals surface area contributed by atoms with E-state index < -0.39 is 11.9 Å². The van der Waals surface area contributed by atoms with Crippen molar-refractivity contribution in [3.05, 3.63) is 50.6 Å². The number of benzene rings is 1. The first kappa shape index (κ1) is 16.8. The van der Waals surface area contributed by atoms with Crippen molar-refractivity contribution in [3.63, 3.8) is 0 Å². The molecule has 0 aliphatic rings. The molecule has 1 aromatic heterocycles. The predicted molar refractivity (Wildman–Crippen MR) is 82.7 cm³/mol. The van der Waals surface area contributed by atoms with Crippen LogP contribution in [0.2, 0.25) is 10.0 Å². The van der Waals surface area contributed by atoms with Gasteiger partial charge in [-0.25, -0.2) is 4.39 Å². The highest BCUT2D eigenvalue weighted by atomic mass is 35.5. The molecule has 4 nitrogen and oxygen atoms in total. The molecular weight excluding hydrogens is 330 g/mol. The number of hydrogen-bond acceptors (Lipinski definition) is 3. The van der Waals surface area contributed by atoms with Gasteiger partial charge < -0.3 is 9.84 Å². The Bertz CT molecular complexity index is 696. The number of carbonyl (C=O) groups excluding carboxylic acids is 1. The molecule has 0 bridgehead atoms. The van der Waals surface area contributed by atoms with Crippen LogP contribution in [0, 0.1) is 19.7 Å². The minimum atomic E-state index is -0.576. The quantitative estimate of drug-likeness (QED) is 0.847. The highest BCUT2D eigenvalue weighted by Gasteiger charge is 2.18. The summed E-state index contributed by atoms with van der Waals surface area (Å²) in [5.74, 6) is -0.197. The van der Waals surface area contributed by atoms with Crippen LogP contribution in [0.15, 0.2) is 16.7 Å². The average molecular weight is 345 g/mol. The Labute approximate surface area is 137 Å². The predicted octanol–water partition coefficient (Wildman–Crippen LogP) is 4.16. The Kier molecular flexibility index (Phi) is 5.08. The van der Waals surface area contributed by atoms with Crippen LogP contribution in [0.25, 0.3) is 0 Å². The van der Waals surface area contributed by atoms with Crippen LogP contribution < -0.4 is 5.32 Å². The molecule has 118 valence electrons. The van der Waals surface area contributed by atoms with Crippen molar-refractivity contribution in [3.8, 4) is 0 Å². The van der Waals surface area contributed by atoms with Crippen molar-refractivity contribution in [2.45, 2.75) is 33.2 Å². The maximum atomic E-state index is 13.5. The molecule has 1 heterocycles. The molecular formula is C15H15Cl2FN2O2. The molecule has 0 aliphatic carbocycles. The number of carbonyl (C=O) groups is 1. The van der Waals surface area contributed by atoms with Gasteiger partial charge in [0.15, 0.2) is 0 Å². The van der Waals surface area contributed by atoms with Crippen molar-refractivity contribution >= 4 is 29.1 Å². The summed E-state index contributed by atoms with van der Waals surface area (Å²) in [4.78, 5) is 12.1. The monoisotopic (exact) mass is 344 g/mol. The van der Waals surface area contributed by atoms with Crippen LogP contribution in [-0.2, 0) is 11.2 Å². The molecule has 0 spiro atoms. The first-order valence-electron chi connectivity index (χ1n) is 6.65. The fourth-order valence-electron chi connectivity index (χ4n) is 2.15. The first-order chi connectivity index (χ1) is 10.3. The Morgan fingerprint density at radius 1 is 1.36 bits per heavy atom. The van der Waals surface area contributed by atoms with Gasteiger partial charge in [0.05, 0.1) is 23.2 Å². The van der Waals surface area contributed by atoms with Gasteiger partial charge in [-0.3, -0.25) is 4.79 Å². The number of hydrogen-bond donors (Lipinski definition) is 1. The zero-order valence-corrected chi connectivity index (χ0v) is 13.8. The third kappa shape index (κ3) is 3.59. The van der Waals surface area contributed by atoms with E-state index in [1.54, 1.807) is 20.8 Å². The van der Waals surface area contributed by atoms with Crippen LogP contribution >= 0.6 is 23.2 Å². The number of rotatable bonds is 4. The minimum Gasteiger partial charge on any atom is -0.361 e. The van der Waals surface area contributed by atoms with E-state index in [0.29, 0.717) is 22.0 Å². The zero-order chi connectivity index (χ0) is 16.4. The summed E-state index contributed by atoms with van der Waals surface area (Å²) in [5, 5.41) is 6.82. The smallest absolute Gasteiger partial charge is 0.225 e. The van der Waals surface area contributed by atoms with Gasteiger partial charge in [0.25, 0.3) is 0 Å². The Hall–Kier alpha value is -1.59. The SMILES string of the molecule is Cc1noc(C)c1CC(=O)N[C@H](C)c1cc(F)c(Cl)cc1Cl. The second-order valence-corrected chi connectivity index (χ2v) is 5.87. The molecule has 0 saturated heterocycles. The number of halogens is 3. The summed E-state index contributed by atoms with van der Waals surface area (Å²) in [6.45, 7) is 5.24. The lowest BCUT2D eigenvalue weighted by Crippen LogP contribution is -2.28. The van der Waals surface area contributed by atoms with Crippen LogP contribution in [-0.4, -0.2) is 11.1 Å². The number of nitrogens with one attached hydrogen (secondary N) is 1. The zero-order valence-electron chi connectivity index (χ0n) is 12.3. The van der Waals surface area contributed by atoms with Crippen LogP contribution in [0.1, 0.15) is 35.5 Å². The van der Waals surface area contributed by atoms with Gasteiger partial charge in [-0.1, -0.05) is 28.4 Å². The Balaban J connectivity index is 2.10. The van der Waals surface area contributed by atoms with Crippen molar-refractivity contribution < 1.29 is 13.7 Å². The van der Waals surface area contributed by atoms with Crippen LogP contribution in [0.5, 0.6) is 0 Å². The maximum absolute atomic E-state index is 13.5. The standard InChI is InChI=1S/C15H15Cl2FN2O2/c1-7(11-4-14(18)13(17)6-12(11)16)19-15(21)5-10-8(2)20-22-9(10)3/h4,6-7H,5H2,1-3H3,(H,19,21)/t7-/m1/s1. The van der Waals surface area contributed by atoms with E-state index in [1.807, 2.05) is 0 Å². The second-order valence-electron chi connectivity index (χ2n) is 5.06. The van der Waals surface area contributed by atoms with Crippen molar-refractivity contribution in [1.82, 2.24) is 10.5 Å². The Morgan fingerprint density at radius 3 is 2.64 bits per heavy atom. The molecule has 7 heteroatoms. The van der Waals surface area contributed by atoms with E-state index in [1.165, 1.54) is 12.1 Å². The summed E-state index contributed by atoms with van der Waals surface area (Å²) in [7, 11) is 0. The highest BCUT2D eigenvalue weighted by molar-refractivity contribution is 6.35. The lowest BCUT2D eigenvalue weighted by atomic mass is 10.1. The number of aromatic nitrogens is 1. The summed E-state index contributed by atoms with van der Waals surface area (Å²) in [6, 6.07) is 2.10. The molecule has 2 rings (SSSR count). The minimum absolute atomic E-state index is 0.0528. The molecule has 1 aromatic carbocycles. The molecule has 0 radical (unpaired) electrons. The van der Waals surface area contributed by atoms with E-state index in [9.17, 15) is 9.18 Å². The highest BCUT2D eigenvalue weighted by Crippen LogP contribution is 2.28. The fraction of sp³-hybridized carbons (Fsp3) is 0.333. The number of nitrogens with zero attached hydrogens (tertiary/aromatic N) is 1. The van der Waals surface area contributed by atoms with Crippen LogP contribution in [0.3, 0.4) is 0 Å². The molecule has 1 N–H and O–H groups in total. The molecule has 1 amide bonds. The summed E-state index contributed by atoms with van der Waals surface area (Å²) in [5.41, 5.74) is 1.89. The maximum Gasteiger partial charge on any atom is 0.225 e. The van der Waals surface area contributed by atoms with Gasteiger partial charge in [0, 0.05) is 10.6 Å². The van der Waals surface area contributed by atoms with E-state index >= 15 is 0 Å². The van der Waals surface area contributed by atoms with Gasteiger partial charge in [-0.15, -0.1) is 0 Å². The molecule has 0 saturated carbocycles. The molecule has 2 aromatic rings. The van der Waals surface area contributed by atoms with Crippen LogP contribution in [0.4, 0.5) is 4.39 Å². The van der Waals surface area contributed by atoms with E-state index in [-0.39, 0.29) is 17.4 Å². The first-order valence-corrected chi connectivity index (χ1v) is 7.40. The summed E-state index contributed by atoms with van der Waals surface area (Å²) < 4.78 is 18.6. The van der Waals surface area contributed by atoms with Gasteiger partial charge >= 0.3 is 0 Å². The molecule has 0 unspecified atom stereocenters. The summed E-state index contributed by atoms with van der Waals surface area (Å²) >= 11 is 11.7. The van der Waals surface area contributed by atoms with Crippen molar-refractivity contribution in [2.24, 2.45) is 0 Å². The lowest BCUT2D eigenvalue weighted by Gasteiger charge is -2.16. The topological polar surface area (TPSA) is 55.1 Å². The third-order valence-electron chi connectivity index (χ3n) is 3.40. The summed E-state index contributed by atoms with van der Waals surface area (Å²) in [6.07, 6.45) is 0.138. The molecule has 0 fully saturated rings. The van der Waals surface area contributed by atoms with Crippen molar-refractivity contribution in [1.29, 1.82) is 0 Å². The third-order valence-corrected chi connectivity index (χ3v) is 4.02. The van der Waals surface area contributed by atoms with Gasteiger partial charge in [0.2, 0.25) is 5.91 Å². The normalized spacial score (nSPS) is 12.3. The number of amides is 1. The lowest BCUT2D eigenvalue weighted by molar-refractivity contribution is -0.121. The van der Waals surface area contributed by atoms with E-state index in [2.05, 4.69) is 10.5 Å². The second kappa shape index (κ2) is 6.67. The molecule has 1 atom stereocenters. The fourth-order valence-corrected chi connectivity index (χ4v) is 2.70. The van der Waals surface area contributed by atoms with E-state index in [0.717, 1.165) is 5.56 Å². The molecule has 22 heavy (non-hydrogen) atoms. The van der Waals surface area contributed by atoms with E-state index in [4.69, 9.17) is 27.7 Å². The number of aryl methyl sites for hydroxylation is 2. The Morgan fingerprint density at radius 2 is 2.05 bits per heavy atom. The molecule has 0 aliphatic heterocycles. The average Bonchev–Trinajstić information content (AvgIpc) is 2.74. The van der Waals surface area contributed by atoms with Crippen molar-refractivity contribution in [2.75, 3.05) is 0 Å². The van der Waals surface area contributed by atoms with Gasteiger partial charge in [-0.05, 0) is 38.5 Å². The largest absolute Gasteiger partial charge is 0.361 e. The van der Waals surface area contributed by atoms with Gasteiger partial charge in [0.1, 0.15) is 11.6 Å². The van der Waals surface area contributed by atoms with Gasteiger partial charge in [-0.2, -0.15) is 0 Å².